The lowest BCUT2D eigenvalue weighted by Crippen LogP contribution is -2.29. The van der Waals surface area contributed by atoms with E-state index in [4.69, 9.17) is 5.73 Å². The number of anilines is 1. The molecule has 0 heterocycles. The highest BCUT2D eigenvalue weighted by Gasteiger charge is 2.30. The molecule has 2 fully saturated rings. The Morgan fingerprint density at radius 1 is 1.10 bits per heavy atom. The number of hydrogen-bond donors (Lipinski definition) is 2. The first kappa shape index (κ1) is 14.1. The minimum absolute atomic E-state index is 0.159. The Kier molecular flexibility index (Phi) is 4.23. The average molecular weight is 285 g/mol. The van der Waals surface area contributed by atoms with E-state index in [9.17, 15) is 4.79 Å². The number of nitrogen functional groups attached to an aromatic ring is 1. The molecule has 0 radical (unpaired) electrons. The third-order valence-corrected chi connectivity index (χ3v) is 4.86. The van der Waals surface area contributed by atoms with E-state index in [1.54, 1.807) is 24.3 Å². The number of hydrazone groups is 1. The van der Waals surface area contributed by atoms with Crippen molar-refractivity contribution in [3.05, 3.63) is 29.8 Å². The Morgan fingerprint density at radius 3 is 2.57 bits per heavy atom. The number of hydrogen-bond acceptors (Lipinski definition) is 3. The van der Waals surface area contributed by atoms with Gasteiger partial charge in [0.2, 0.25) is 0 Å². The summed E-state index contributed by atoms with van der Waals surface area (Å²) in [6.45, 7) is 0. The summed E-state index contributed by atoms with van der Waals surface area (Å²) in [5, 5.41) is 4.36. The first-order valence-corrected chi connectivity index (χ1v) is 7.93. The van der Waals surface area contributed by atoms with Crippen molar-refractivity contribution in [2.45, 2.75) is 44.9 Å². The maximum atomic E-state index is 12.0. The Balaban J connectivity index is 1.58. The highest BCUT2D eigenvalue weighted by molar-refractivity contribution is 5.95. The van der Waals surface area contributed by atoms with E-state index in [1.165, 1.54) is 32.1 Å². The number of nitrogens with zero attached hydrogens (tertiary/aromatic N) is 1. The van der Waals surface area contributed by atoms with Crippen LogP contribution >= 0.6 is 0 Å². The molecule has 2 aliphatic carbocycles. The fourth-order valence-electron chi connectivity index (χ4n) is 3.62. The van der Waals surface area contributed by atoms with Crippen molar-refractivity contribution in [2.24, 2.45) is 16.9 Å². The van der Waals surface area contributed by atoms with E-state index in [2.05, 4.69) is 10.5 Å². The van der Waals surface area contributed by atoms with E-state index in [-0.39, 0.29) is 5.91 Å². The Hall–Kier alpha value is -1.84. The SMILES string of the molecule is Nc1ccc(C(=O)N/N=C2/CC[C@@H]3CCCC[C@H]3C2)cc1. The fraction of sp³-hybridized carbons (Fsp3) is 0.529. The van der Waals surface area contributed by atoms with Crippen molar-refractivity contribution in [3.63, 3.8) is 0 Å². The molecule has 3 N–H and O–H groups in total. The summed E-state index contributed by atoms with van der Waals surface area (Å²) < 4.78 is 0. The molecule has 2 atom stereocenters. The van der Waals surface area contributed by atoms with E-state index >= 15 is 0 Å². The van der Waals surface area contributed by atoms with Crippen molar-refractivity contribution in [3.8, 4) is 0 Å². The molecule has 3 rings (SSSR count). The van der Waals surface area contributed by atoms with Crippen LogP contribution in [0.4, 0.5) is 5.69 Å². The largest absolute Gasteiger partial charge is 0.399 e. The number of rotatable bonds is 2. The Bertz CT molecular complexity index is 535. The number of carbonyl (C=O) groups is 1. The van der Waals surface area contributed by atoms with Gasteiger partial charge in [-0.15, -0.1) is 0 Å². The zero-order chi connectivity index (χ0) is 14.7. The normalized spacial score (nSPS) is 27.1. The molecule has 4 nitrogen and oxygen atoms in total. The van der Waals surface area contributed by atoms with Crippen molar-refractivity contribution >= 4 is 17.3 Å². The van der Waals surface area contributed by atoms with Crippen LogP contribution in [0.25, 0.3) is 0 Å². The molecule has 2 aliphatic rings. The summed E-state index contributed by atoms with van der Waals surface area (Å²) >= 11 is 0. The lowest BCUT2D eigenvalue weighted by molar-refractivity contribution is 0.0954. The summed E-state index contributed by atoms with van der Waals surface area (Å²) in [5.74, 6) is 1.53. The molecule has 0 spiro atoms. The van der Waals surface area contributed by atoms with Crippen LogP contribution in [0, 0.1) is 11.8 Å². The topological polar surface area (TPSA) is 67.5 Å². The highest BCUT2D eigenvalue weighted by atomic mass is 16.2. The van der Waals surface area contributed by atoms with Gasteiger partial charge in [-0.25, -0.2) is 5.43 Å². The second kappa shape index (κ2) is 6.29. The van der Waals surface area contributed by atoms with E-state index in [0.717, 1.165) is 30.4 Å². The predicted molar refractivity (Wildman–Crippen MR) is 85.1 cm³/mol. The molecule has 0 aromatic heterocycles. The second-order valence-corrected chi connectivity index (χ2v) is 6.29. The van der Waals surface area contributed by atoms with Gasteiger partial charge in [-0.05, 0) is 61.8 Å². The first-order valence-electron chi connectivity index (χ1n) is 7.93. The van der Waals surface area contributed by atoms with Crippen LogP contribution in [0.3, 0.4) is 0 Å². The number of benzene rings is 1. The molecule has 1 amide bonds. The van der Waals surface area contributed by atoms with Crippen LogP contribution < -0.4 is 11.2 Å². The Morgan fingerprint density at radius 2 is 1.81 bits per heavy atom. The lowest BCUT2D eigenvalue weighted by Gasteiger charge is -2.35. The van der Waals surface area contributed by atoms with E-state index in [1.807, 2.05) is 0 Å². The summed E-state index contributed by atoms with van der Waals surface area (Å²) in [6.07, 6.45) is 8.79. The quantitative estimate of drug-likeness (QED) is 0.646. The van der Waals surface area contributed by atoms with Crippen LogP contribution in [-0.2, 0) is 0 Å². The molecule has 1 aromatic carbocycles. The lowest BCUT2D eigenvalue weighted by atomic mass is 9.70. The first-order chi connectivity index (χ1) is 10.2. The molecule has 0 bridgehead atoms. The molecule has 0 aliphatic heterocycles. The van der Waals surface area contributed by atoms with Gasteiger partial charge in [0, 0.05) is 17.0 Å². The summed E-state index contributed by atoms with van der Waals surface area (Å²) in [6, 6.07) is 6.91. The van der Waals surface area contributed by atoms with Crippen LogP contribution in [0.1, 0.15) is 55.3 Å². The second-order valence-electron chi connectivity index (χ2n) is 6.29. The maximum Gasteiger partial charge on any atom is 0.271 e. The van der Waals surface area contributed by atoms with Gasteiger partial charge in [-0.1, -0.05) is 19.3 Å². The predicted octanol–water partition coefficient (Wildman–Crippen LogP) is 3.34. The molecule has 0 saturated heterocycles. The minimum Gasteiger partial charge on any atom is -0.399 e. The molecule has 2 saturated carbocycles. The standard InChI is InChI=1S/C17H23N3O/c18-15-8-5-13(6-9-15)17(21)20-19-16-10-7-12-3-1-2-4-14(12)11-16/h5-6,8-9,12,14H,1-4,7,10-11,18H2,(H,20,21)/b19-16-/t12-,14-/m0/s1. The van der Waals surface area contributed by atoms with Crippen LogP contribution in [0.15, 0.2) is 29.4 Å². The monoisotopic (exact) mass is 285 g/mol. The number of amides is 1. The van der Waals surface area contributed by atoms with Crippen LogP contribution in [0.2, 0.25) is 0 Å². The van der Waals surface area contributed by atoms with Gasteiger partial charge in [0.05, 0.1) is 0 Å². The number of fused-ring (bicyclic) bond motifs is 1. The summed E-state index contributed by atoms with van der Waals surface area (Å²) in [5.41, 5.74) is 10.7. The number of carbonyl (C=O) groups excluding carboxylic acids is 1. The van der Waals surface area contributed by atoms with Gasteiger partial charge in [-0.3, -0.25) is 4.79 Å². The van der Waals surface area contributed by atoms with Gasteiger partial charge in [0.15, 0.2) is 0 Å². The minimum atomic E-state index is -0.159. The third-order valence-electron chi connectivity index (χ3n) is 4.86. The summed E-state index contributed by atoms with van der Waals surface area (Å²) in [4.78, 5) is 12.0. The zero-order valence-corrected chi connectivity index (χ0v) is 12.3. The molecule has 112 valence electrons. The summed E-state index contributed by atoms with van der Waals surface area (Å²) in [7, 11) is 0. The van der Waals surface area contributed by atoms with Crippen molar-refractivity contribution < 1.29 is 4.79 Å². The molecule has 1 aromatic rings. The third kappa shape index (κ3) is 3.43. The molecule has 21 heavy (non-hydrogen) atoms. The Labute approximate surface area is 125 Å². The maximum absolute atomic E-state index is 12.0. The average Bonchev–Trinajstić information content (AvgIpc) is 2.53. The van der Waals surface area contributed by atoms with Crippen LogP contribution in [0.5, 0.6) is 0 Å². The van der Waals surface area contributed by atoms with Gasteiger partial charge in [0.25, 0.3) is 5.91 Å². The van der Waals surface area contributed by atoms with Gasteiger partial charge < -0.3 is 5.73 Å². The fourth-order valence-corrected chi connectivity index (χ4v) is 3.62. The van der Waals surface area contributed by atoms with Gasteiger partial charge in [0.1, 0.15) is 0 Å². The molecule has 0 unspecified atom stereocenters. The van der Waals surface area contributed by atoms with Crippen molar-refractivity contribution in [2.75, 3.05) is 5.73 Å². The van der Waals surface area contributed by atoms with E-state index < -0.39 is 0 Å². The smallest absolute Gasteiger partial charge is 0.271 e. The molecular weight excluding hydrogens is 262 g/mol. The molecule has 4 heteroatoms. The highest BCUT2D eigenvalue weighted by Crippen LogP contribution is 2.39. The zero-order valence-electron chi connectivity index (χ0n) is 12.3. The van der Waals surface area contributed by atoms with Crippen LogP contribution in [-0.4, -0.2) is 11.6 Å². The number of nitrogens with two attached hydrogens (primary N) is 1. The molecular formula is C17H23N3O. The van der Waals surface area contributed by atoms with Gasteiger partial charge in [-0.2, -0.15) is 5.10 Å². The van der Waals surface area contributed by atoms with E-state index in [0.29, 0.717) is 11.3 Å². The van der Waals surface area contributed by atoms with Crippen molar-refractivity contribution in [1.29, 1.82) is 0 Å². The van der Waals surface area contributed by atoms with Crippen molar-refractivity contribution in [1.82, 2.24) is 5.43 Å². The number of nitrogens with one attached hydrogen (secondary N) is 1. The van der Waals surface area contributed by atoms with Gasteiger partial charge >= 0.3 is 0 Å².